The lowest BCUT2D eigenvalue weighted by Crippen LogP contribution is -2.43. The van der Waals surface area contributed by atoms with Gasteiger partial charge in [0, 0.05) is 35.4 Å². The van der Waals surface area contributed by atoms with Gasteiger partial charge in [-0.3, -0.25) is 4.79 Å². The Morgan fingerprint density at radius 1 is 1.06 bits per heavy atom. The summed E-state index contributed by atoms with van der Waals surface area (Å²) in [6, 6.07) is 21.1. The number of nitrogens with one attached hydrogen (secondary N) is 2. The van der Waals surface area contributed by atoms with Crippen LogP contribution in [0.3, 0.4) is 0 Å². The summed E-state index contributed by atoms with van der Waals surface area (Å²) in [5.74, 6) is 0.678. The Morgan fingerprint density at radius 3 is 2.72 bits per heavy atom. The molecule has 0 saturated carbocycles. The van der Waals surface area contributed by atoms with Crippen LogP contribution < -0.4 is 10.6 Å². The summed E-state index contributed by atoms with van der Waals surface area (Å²) in [5, 5.41) is 8.66. The van der Waals surface area contributed by atoms with Gasteiger partial charge in [0.2, 0.25) is 0 Å². The van der Waals surface area contributed by atoms with Gasteiger partial charge in [0.05, 0.1) is 10.3 Å². The number of carbonyl (C=O) groups is 1. The number of anilines is 2. The van der Waals surface area contributed by atoms with Gasteiger partial charge in [-0.15, -0.1) is 11.3 Å². The molecule has 1 aliphatic heterocycles. The third-order valence-electron chi connectivity index (χ3n) is 6.84. The summed E-state index contributed by atoms with van der Waals surface area (Å²) >= 11 is 1.41. The van der Waals surface area contributed by atoms with E-state index in [0.29, 0.717) is 10.7 Å². The first-order valence-corrected chi connectivity index (χ1v) is 13.1. The Kier molecular flexibility index (Phi) is 6.13. The van der Waals surface area contributed by atoms with E-state index in [2.05, 4.69) is 91.8 Å². The molecule has 2 aromatic carbocycles. The lowest BCUT2D eigenvalue weighted by Gasteiger charge is -2.29. The average Bonchev–Trinajstić information content (AvgIpc) is 3.51. The highest BCUT2D eigenvalue weighted by molar-refractivity contribution is 7.20. The van der Waals surface area contributed by atoms with Gasteiger partial charge in [-0.2, -0.15) is 0 Å². The number of rotatable bonds is 6. The molecule has 0 aliphatic carbocycles. The summed E-state index contributed by atoms with van der Waals surface area (Å²) < 4.78 is 2.26. The topological polar surface area (TPSA) is 75.1 Å². The average molecular weight is 497 g/mol. The lowest BCUT2D eigenvalue weighted by molar-refractivity contribution is 0.0921. The maximum absolute atomic E-state index is 12.9. The van der Waals surface area contributed by atoms with Crippen LogP contribution in [0.2, 0.25) is 0 Å². The maximum Gasteiger partial charge on any atom is 0.261 e. The van der Waals surface area contributed by atoms with Gasteiger partial charge in [0.1, 0.15) is 17.0 Å². The molecule has 3 aromatic heterocycles. The van der Waals surface area contributed by atoms with Gasteiger partial charge in [0.25, 0.3) is 5.91 Å². The van der Waals surface area contributed by atoms with Crippen LogP contribution in [0.4, 0.5) is 11.5 Å². The highest BCUT2D eigenvalue weighted by Gasteiger charge is 2.21. The number of thiophene rings is 1. The molecule has 0 atom stereocenters. The number of likely N-dealkylation sites (tertiary alicyclic amines) is 1. The van der Waals surface area contributed by atoms with Crippen molar-refractivity contribution in [3.05, 3.63) is 83.6 Å². The van der Waals surface area contributed by atoms with Crippen LogP contribution >= 0.6 is 11.3 Å². The Balaban J connectivity index is 1.21. The first-order valence-electron chi connectivity index (χ1n) is 12.3. The summed E-state index contributed by atoms with van der Waals surface area (Å²) in [5.41, 5.74) is 3.40. The Bertz CT molecular complexity index is 1520. The van der Waals surface area contributed by atoms with E-state index in [-0.39, 0.29) is 11.9 Å². The standard InChI is InChI=1S/C28H28N6OS/c1-33-12-10-21(11-13-33)32-27(35)25-16-23-26(29-18-30-28(23)36-25)31-22-7-8-24-20(15-22)9-14-34(24)17-19-5-3-2-4-6-19/h2-9,14-16,18,21H,10-13,17H2,1H3,(H,32,35)(H,29,30,31). The van der Waals surface area contributed by atoms with Crippen molar-refractivity contribution in [2.45, 2.75) is 25.4 Å². The molecule has 1 saturated heterocycles. The van der Waals surface area contributed by atoms with E-state index in [1.807, 2.05) is 12.1 Å². The third kappa shape index (κ3) is 4.69. The van der Waals surface area contributed by atoms with E-state index < -0.39 is 0 Å². The van der Waals surface area contributed by atoms with Crippen molar-refractivity contribution in [3.63, 3.8) is 0 Å². The molecule has 7 nitrogen and oxygen atoms in total. The lowest BCUT2D eigenvalue weighted by atomic mass is 10.1. The monoisotopic (exact) mass is 496 g/mol. The number of amides is 1. The third-order valence-corrected chi connectivity index (χ3v) is 7.88. The minimum absolute atomic E-state index is 0.0281. The van der Waals surface area contributed by atoms with Crippen LogP contribution in [0.5, 0.6) is 0 Å². The Hall–Kier alpha value is -3.75. The van der Waals surface area contributed by atoms with Crippen molar-refractivity contribution < 1.29 is 4.79 Å². The molecule has 1 aliphatic rings. The number of fused-ring (bicyclic) bond motifs is 2. The second kappa shape index (κ2) is 9.72. The normalized spacial score (nSPS) is 14.9. The van der Waals surface area contributed by atoms with E-state index in [0.717, 1.165) is 53.8 Å². The first kappa shape index (κ1) is 22.7. The van der Waals surface area contributed by atoms with Crippen LogP contribution in [0, 0.1) is 0 Å². The van der Waals surface area contributed by atoms with Gasteiger partial charge >= 0.3 is 0 Å². The van der Waals surface area contributed by atoms with Crippen molar-refractivity contribution in [3.8, 4) is 0 Å². The minimum atomic E-state index is -0.0281. The predicted octanol–water partition coefficient (Wildman–Crippen LogP) is 5.26. The minimum Gasteiger partial charge on any atom is -0.349 e. The van der Waals surface area contributed by atoms with E-state index in [4.69, 9.17) is 0 Å². The molecule has 1 amide bonds. The summed E-state index contributed by atoms with van der Waals surface area (Å²) in [6.07, 6.45) is 5.64. The summed E-state index contributed by atoms with van der Waals surface area (Å²) in [4.78, 5) is 25.6. The molecule has 0 spiro atoms. The number of aromatic nitrogens is 3. The molecular formula is C28H28N6OS. The number of hydrogen-bond donors (Lipinski definition) is 2. The van der Waals surface area contributed by atoms with E-state index in [9.17, 15) is 4.79 Å². The van der Waals surface area contributed by atoms with Crippen LogP contribution in [0.1, 0.15) is 28.1 Å². The van der Waals surface area contributed by atoms with Gasteiger partial charge in [0.15, 0.2) is 0 Å². The molecule has 1 fully saturated rings. The van der Waals surface area contributed by atoms with Crippen LogP contribution in [0.15, 0.2) is 73.2 Å². The van der Waals surface area contributed by atoms with Crippen LogP contribution in [-0.2, 0) is 6.54 Å². The van der Waals surface area contributed by atoms with Crippen LogP contribution in [0.25, 0.3) is 21.1 Å². The van der Waals surface area contributed by atoms with Crippen LogP contribution in [-0.4, -0.2) is 51.5 Å². The largest absolute Gasteiger partial charge is 0.349 e. The number of piperidine rings is 1. The highest BCUT2D eigenvalue weighted by atomic mass is 32.1. The molecular weight excluding hydrogens is 468 g/mol. The molecule has 36 heavy (non-hydrogen) atoms. The smallest absolute Gasteiger partial charge is 0.261 e. The molecule has 8 heteroatoms. The number of hydrogen-bond acceptors (Lipinski definition) is 6. The van der Waals surface area contributed by atoms with E-state index in [1.165, 1.54) is 22.4 Å². The second-order valence-corrected chi connectivity index (χ2v) is 10.5. The zero-order chi connectivity index (χ0) is 24.5. The zero-order valence-corrected chi connectivity index (χ0v) is 21.0. The van der Waals surface area contributed by atoms with Crippen molar-refractivity contribution in [2.75, 3.05) is 25.5 Å². The fraction of sp³-hybridized carbons (Fsp3) is 0.250. The van der Waals surface area contributed by atoms with E-state index >= 15 is 0 Å². The molecule has 6 rings (SSSR count). The second-order valence-electron chi connectivity index (χ2n) is 9.43. The highest BCUT2D eigenvalue weighted by Crippen LogP contribution is 2.31. The predicted molar refractivity (Wildman–Crippen MR) is 146 cm³/mol. The SMILES string of the molecule is CN1CCC(NC(=O)c2cc3c(Nc4ccc5c(ccn5Cc5ccccc5)c4)ncnc3s2)CC1. The fourth-order valence-electron chi connectivity index (χ4n) is 4.81. The van der Waals surface area contributed by atoms with Crippen molar-refractivity contribution in [1.82, 2.24) is 24.8 Å². The molecule has 0 bridgehead atoms. The van der Waals surface area contributed by atoms with Crippen molar-refractivity contribution >= 4 is 49.9 Å². The summed E-state index contributed by atoms with van der Waals surface area (Å²) in [6.45, 7) is 2.86. The Labute approximate surface area is 213 Å². The summed E-state index contributed by atoms with van der Waals surface area (Å²) in [7, 11) is 2.12. The number of benzene rings is 2. The molecule has 5 aromatic rings. The van der Waals surface area contributed by atoms with E-state index in [1.54, 1.807) is 6.33 Å². The maximum atomic E-state index is 12.9. The van der Waals surface area contributed by atoms with Gasteiger partial charge in [-0.05, 0) is 68.9 Å². The number of nitrogens with zero attached hydrogens (tertiary/aromatic N) is 4. The van der Waals surface area contributed by atoms with Gasteiger partial charge in [-0.25, -0.2) is 9.97 Å². The molecule has 4 heterocycles. The molecule has 0 radical (unpaired) electrons. The zero-order valence-electron chi connectivity index (χ0n) is 20.1. The Morgan fingerprint density at radius 2 is 1.89 bits per heavy atom. The number of carbonyl (C=O) groups excluding carboxylic acids is 1. The van der Waals surface area contributed by atoms with Gasteiger partial charge < -0.3 is 20.1 Å². The fourth-order valence-corrected chi connectivity index (χ4v) is 5.71. The first-order chi connectivity index (χ1) is 17.6. The molecule has 2 N–H and O–H groups in total. The van der Waals surface area contributed by atoms with Gasteiger partial charge in [-0.1, -0.05) is 30.3 Å². The quantitative estimate of drug-likeness (QED) is 0.335. The molecule has 0 unspecified atom stereocenters. The molecule has 182 valence electrons. The van der Waals surface area contributed by atoms with Crippen molar-refractivity contribution in [1.29, 1.82) is 0 Å². The van der Waals surface area contributed by atoms with Crippen molar-refractivity contribution in [2.24, 2.45) is 0 Å².